The van der Waals surface area contributed by atoms with Gasteiger partial charge in [-0.2, -0.15) is 0 Å². The fourth-order valence-electron chi connectivity index (χ4n) is 2.72. The second kappa shape index (κ2) is 7.21. The number of para-hydroxylation sites is 1. The number of aromatic nitrogens is 1. The summed E-state index contributed by atoms with van der Waals surface area (Å²) in [6.45, 7) is 1.58. The summed E-state index contributed by atoms with van der Waals surface area (Å²) in [6, 6.07) is 14.5. The quantitative estimate of drug-likeness (QED) is 0.552. The number of nitrogens with one attached hydrogen (secondary N) is 1. The molecule has 0 saturated heterocycles. The number of rotatable bonds is 6. The van der Waals surface area contributed by atoms with Crippen molar-refractivity contribution in [1.82, 2.24) is 4.98 Å². The second-order valence-electron chi connectivity index (χ2n) is 5.76. The lowest BCUT2D eigenvalue weighted by atomic mass is 10.1. The molecule has 3 rings (SSSR count). The minimum absolute atomic E-state index is 0.115. The van der Waals surface area contributed by atoms with Crippen LogP contribution >= 0.6 is 0 Å². The maximum absolute atomic E-state index is 12.4. The molecule has 0 radical (unpaired) electrons. The normalized spacial score (nSPS) is 11.9. The van der Waals surface area contributed by atoms with E-state index in [0.717, 1.165) is 16.5 Å². The summed E-state index contributed by atoms with van der Waals surface area (Å²) in [7, 11) is 1.56. The fourth-order valence-corrected chi connectivity index (χ4v) is 2.72. The lowest BCUT2D eigenvalue weighted by molar-refractivity contribution is -0.145. The highest BCUT2D eigenvalue weighted by Crippen LogP contribution is 2.19. The van der Waals surface area contributed by atoms with E-state index in [-0.39, 0.29) is 12.2 Å². The topological polar surface area (TPSA) is 68.4 Å². The number of methoxy groups -OCH3 is 1. The number of carbonyl (C=O) groups excluding carboxylic acids is 2. The minimum Gasteiger partial charge on any atom is -0.497 e. The van der Waals surface area contributed by atoms with E-state index in [1.165, 1.54) is 0 Å². The molecule has 3 aromatic rings. The van der Waals surface area contributed by atoms with Crippen molar-refractivity contribution in [3.05, 3.63) is 65.9 Å². The summed E-state index contributed by atoms with van der Waals surface area (Å²) >= 11 is 0. The zero-order valence-corrected chi connectivity index (χ0v) is 14.1. The number of fused-ring (bicyclic) bond motifs is 1. The smallest absolute Gasteiger partial charge is 0.311 e. The van der Waals surface area contributed by atoms with Crippen molar-refractivity contribution in [2.24, 2.45) is 0 Å². The standard InChI is InChI=1S/C20H19NO4/c1-13(20(23)14-7-9-16(24-2)10-8-14)25-19(22)11-15-12-21-18-6-4-3-5-17(15)18/h3-10,12-13,21H,11H2,1-2H3/t13-/m1/s1. The van der Waals surface area contributed by atoms with Crippen LogP contribution in [0.3, 0.4) is 0 Å². The van der Waals surface area contributed by atoms with Crippen LogP contribution in [-0.4, -0.2) is 30.0 Å². The van der Waals surface area contributed by atoms with Crippen molar-refractivity contribution in [2.45, 2.75) is 19.4 Å². The van der Waals surface area contributed by atoms with Gasteiger partial charge in [0.25, 0.3) is 0 Å². The first-order chi connectivity index (χ1) is 12.1. The molecule has 5 heteroatoms. The third-order valence-electron chi connectivity index (χ3n) is 4.06. The summed E-state index contributed by atoms with van der Waals surface area (Å²) in [6.07, 6.45) is 1.07. The number of ether oxygens (including phenoxy) is 2. The first-order valence-electron chi connectivity index (χ1n) is 8.01. The highest BCUT2D eigenvalue weighted by Gasteiger charge is 2.20. The van der Waals surface area contributed by atoms with Crippen LogP contribution in [0.2, 0.25) is 0 Å². The molecule has 25 heavy (non-hydrogen) atoms. The zero-order valence-electron chi connectivity index (χ0n) is 14.1. The molecular weight excluding hydrogens is 318 g/mol. The summed E-state index contributed by atoms with van der Waals surface area (Å²) in [4.78, 5) is 27.7. The van der Waals surface area contributed by atoms with Gasteiger partial charge >= 0.3 is 5.97 Å². The number of hydrogen-bond acceptors (Lipinski definition) is 4. The van der Waals surface area contributed by atoms with Crippen molar-refractivity contribution in [3.8, 4) is 5.75 Å². The Morgan fingerprint density at radius 3 is 2.52 bits per heavy atom. The monoisotopic (exact) mass is 337 g/mol. The fraction of sp³-hybridized carbons (Fsp3) is 0.200. The first-order valence-corrected chi connectivity index (χ1v) is 8.01. The van der Waals surface area contributed by atoms with Gasteiger partial charge in [-0.3, -0.25) is 9.59 Å². The first kappa shape index (κ1) is 16.8. The SMILES string of the molecule is COc1ccc(C(=O)[C@@H](C)OC(=O)Cc2c[nH]c3ccccc23)cc1. The van der Waals surface area contributed by atoms with Crippen LogP contribution in [0.4, 0.5) is 0 Å². The molecule has 1 atom stereocenters. The minimum atomic E-state index is -0.842. The summed E-state index contributed by atoms with van der Waals surface area (Å²) in [5.74, 6) is -0.00502. The van der Waals surface area contributed by atoms with Crippen LogP contribution in [0.25, 0.3) is 10.9 Å². The third-order valence-corrected chi connectivity index (χ3v) is 4.06. The molecule has 0 saturated carbocycles. The average molecular weight is 337 g/mol. The van der Waals surface area contributed by atoms with Crippen LogP contribution in [0.15, 0.2) is 54.7 Å². The van der Waals surface area contributed by atoms with Gasteiger partial charge in [-0.05, 0) is 42.8 Å². The van der Waals surface area contributed by atoms with E-state index in [2.05, 4.69) is 4.98 Å². The van der Waals surface area contributed by atoms with Crippen molar-refractivity contribution in [1.29, 1.82) is 0 Å². The third kappa shape index (κ3) is 3.71. The molecule has 1 N–H and O–H groups in total. The number of hydrogen-bond donors (Lipinski definition) is 1. The van der Waals surface area contributed by atoms with Gasteiger partial charge in [0.1, 0.15) is 5.75 Å². The summed E-state index contributed by atoms with van der Waals surface area (Å²) in [5, 5.41) is 0.980. The van der Waals surface area contributed by atoms with Gasteiger partial charge in [0.05, 0.1) is 13.5 Å². The van der Waals surface area contributed by atoms with Gasteiger partial charge in [-0.25, -0.2) is 0 Å². The van der Waals surface area contributed by atoms with Crippen LogP contribution in [0.1, 0.15) is 22.8 Å². The molecule has 0 amide bonds. The second-order valence-corrected chi connectivity index (χ2v) is 5.76. The Morgan fingerprint density at radius 1 is 1.08 bits per heavy atom. The average Bonchev–Trinajstić information content (AvgIpc) is 3.04. The van der Waals surface area contributed by atoms with Gasteiger partial charge in [-0.1, -0.05) is 18.2 Å². The van der Waals surface area contributed by atoms with E-state index in [1.54, 1.807) is 44.5 Å². The van der Waals surface area contributed by atoms with E-state index < -0.39 is 12.1 Å². The largest absolute Gasteiger partial charge is 0.497 e. The number of carbonyl (C=O) groups is 2. The highest BCUT2D eigenvalue weighted by atomic mass is 16.5. The maximum atomic E-state index is 12.4. The van der Waals surface area contributed by atoms with Crippen molar-refractivity contribution < 1.29 is 19.1 Å². The van der Waals surface area contributed by atoms with Gasteiger partial charge in [0, 0.05) is 22.7 Å². The number of benzene rings is 2. The number of ketones is 1. The Morgan fingerprint density at radius 2 is 1.80 bits per heavy atom. The lowest BCUT2D eigenvalue weighted by Gasteiger charge is -2.12. The van der Waals surface area contributed by atoms with Gasteiger partial charge in [0.15, 0.2) is 6.10 Å². The van der Waals surface area contributed by atoms with Gasteiger partial charge in [0.2, 0.25) is 5.78 Å². The van der Waals surface area contributed by atoms with Crippen molar-refractivity contribution >= 4 is 22.7 Å². The molecule has 0 aliphatic carbocycles. The highest BCUT2D eigenvalue weighted by molar-refractivity contribution is 6.00. The summed E-state index contributed by atoms with van der Waals surface area (Å²) < 4.78 is 10.4. The Kier molecular flexibility index (Phi) is 4.84. The number of H-pyrrole nitrogens is 1. The molecular formula is C20H19NO4. The Bertz CT molecular complexity index is 895. The van der Waals surface area contributed by atoms with E-state index in [9.17, 15) is 9.59 Å². The van der Waals surface area contributed by atoms with E-state index in [1.807, 2.05) is 24.3 Å². The van der Waals surface area contributed by atoms with Crippen LogP contribution < -0.4 is 4.74 Å². The van der Waals surface area contributed by atoms with E-state index in [0.29, 0.717) is 11.3 Å². The predicted molar refractivity (Wildman–Crippen MR) is 94.9 cm³/mol. The Hall–Kier alpha value is -3.08. The molecule has 5 nitrogen and oxygen atoms in total. The number of esters is 1. The molecule has 128 valence electrons. The molecule has 0 aliphatic rings. The van der Waals surface area contributed by atoms with E-state index in [4.69, 9.17) is 9.47 Å². The molecule has 0 spiro atoms. The number of Topliss-reactive ketones (excluding diaryl/α,β-unsaturated/α-hetero) is 1. The van der Waals surface area contributed by atoms with Crippen LogP contribution in [0.5, 0.6) is 5.75 Å². The molecule has 0 aliphatic heterocycles. The molecule has 1 heterocycles. The zero-order chi connectivity index (χ0) is 17.8. The van der Waals surface area contributed by atoms with Crippen molar-refractivity contribution in [3.63, 3.8) is 0 Å². The Balaban J connectivity index is 1.64. The predicted octanol–water partition coefficient (Wildman–Crippen LogP) is 3.53. The van der Waals surface area contributed by atoms with Gasteiger partial charge in [-0.15, -0.1) is 0 Å². The van der Waals surface area contributed by atoms with Crippen LogP contribution in [-0.2, 0) is 16.0 Å². The molecule has 0 unspecified atom stereocenters. The molecule has 2 aromatic carbocycles. The maximum Gasteiger partial charge on any atom is 0.311 e. The molecule has 0 fully saturated rings. The Labute approximate surface area is 145 Å². The number of aromatic amines is 1. The lowest BCUT2D eigenvalue weighted by Crippen LogP contribution is -2.25. The van der Waals surface area contributed by atoms with Crippen LogP contribution in [0, 0.1) is 0 Å². The summed E-state index contributed by atoms with van der Waals surface area (Å²) in [5.41, 5.74) is 2.30. The van der Waals surface area contributed by atoms with E-state index >= 15 is 0 Å². The molecule has 1 aromatic heterocycles. The van der Waals surface area contributed by atoms with Crippen molar-refractivity contribution in [2.75, 3.05) is 7.11 Å². The molecule has 0 bridgehead atoms. The van der Waals surface area contributed by atoms with Gasteiger partial charge < -0.3 is 14.5 Å².